The largest absolute Gasteiger partial charge is 0.454 e. The molecule has 4 aromatic rings. The van der Waals surface area contributed by atoms with Crippen LogP contribution in [0.25, 0.3) is 16.9 Å². The van der Waals surface area contributed by atoms with Gasteiger partial charge in [-0.2, -0.15) is 5.10 Å². The zero-order valence-corrected chi connectivity index (χ0v) is 21.2. The van der Waals surface area contributed by atoms with Gasteiger partial charge in [0.1, 0.15) is 18.0 Å². The van der Waals surface area contributed by atoms with Crippen LogP contribution in [0.2, 0.25) is 0 Å². The summed E-state index contributed by atoms with van der Waals surface area (Å²) in [6.45, 7) is 6.42. The molecule has 11 heteroatoms. The first-order valence-electron chi connectivity index (χ1n) is 11.2. The van der Waals surface area contributed by atoms with E-state index in [-0.39, 0.29) is 17.4 Å². The average Bonchev–Trinajstić information content (AvgIpc) is 3.44. The van der Waals surface area contributed by atoms with Gasteiger partial charge in [-0.05, 0) is 43.2 Å². The number of nitrogens with zero attached hydrogens (tertiary/aromatic N) is 6. The van der Waals surface area contributed by atoms with Crippen molar-refractivity contribution in [1.29, 1.82) is 0 Å². The van der Waals surface area contributed by atoms with Crippen molar-refractivity contribution in [2.24, 2.45) is 0 Å². The third kappa shape index (κ3) is 4.56. The monoisotopic (exact) mass is 496 g/mol. The van der Waals surface area contributed by atoms with Gasteiger partial charge in [0.25, 0.3) is 0 Å². The number of imidazole rings is 1. The Labute approximate surface area is 204 Å². The summed E-state index contributed by atoms with van der Waals surface area (Å²) in [6, 6.07) is 10.3. The lowest BCUT2D eigenvalue weighted by molar-refractivity contribution is 0.0457. The zero-order chi connectivity index (χ0) is 25.3. The number of hydrogen-bond donors (Lipinski definition) is 0. The molecule has 0 aliphatic rings. The number of aryl methyl sites for hydroxylation is 1. The molecule has 3 heterocycles. The highest BCUT2D eigenvalue weighted by atomic mass is 32.2. The van der Waals surface area contributed by atoms with Gasteiger partial charge in [0, 0.05) is 26.8 Å². The summed E-state index contributed by atoms with van der Waals surface area (Å²) >= 11 is 0. The number of carbonyl (C=O) groups excluding carboxylic acids is 1. The van der Waals surface area contributed by atoms with E-state index in [1.54, 1.807) is 23.0 Å². The molecular formula is C24H28N6O4S. The van der Waals surface area contributed by atoms with Gasteiger partial charge in [0.15, 0.2) is 5.82 Å². The molecule has 10 nitrogen and oxygen atoms in total. The first-order chi connectivity index (χ1) is 16.6. The fourth-order valence-corrected chi connectivity index (χ4v) is 4.86. The van der Waals surface area contributed by atoms with Gasteiger partial charge in [-0.25, -0.2) is 32.2 Å². The minimum atomic E-state index is -3.59. The van der Waals surface area contributed by atoms with E-state index in [4.69, 9.17) is 4.74 Å². The number of esters is 1. The smallest absolute Gasteiger partial charge is 0.342 e. The first-order valence-corrected chi connectivity index (χ1v) is 12.7. The third-order valence-corrected chi connectivity index (χ3v) is 7.48. The van der Waals surface area contributed by atoms with Gasteiger partial charge < -0.3 is 9.30 Å². The molecule has 0 saturated heterocycles. The number of aromatic nitrogens is 5. The van der Waals surface area contributed by atoms with E-state index < -0.39 is 16.0 Å². The van der Waals surface area contributed by atoms with Crippen LogP contribution in [0.4, 0.5) is 0 Å². The van der Waals surface area contributed by atoms with Crippen LogP contribution in [0.15, 0.2) is 53.7 Å². The lowest BCUT2D eigenvalue weighted by Gasteiger charge is -2.12. The number of sulfonamides is 1. The molecule has 0 saturated carbocycles. The lowest BCUT2D eigenvalue weighted by atomic mass is 10.1. The van der Waals surface area contributed by atoms with Gasteiger partial charge in [0.05, 0.1) is 27.8 Å². The van der Waals surface area contributed by atoms with Crippen molar-refractivity contribution in [2.45, 2.75) is 44.7 Å². The Balaban J connectivity index is 1.62. The summed E-state index contributed by atoms with van der Waals surface area (Å²) in [5, 5.41) is 4.37. The number of fused-ring (bicyclic) bond motifs is 1. The molecule has 0 bridgehead atoms. The highest BCUT2D eigenvalue weighted by molar-refractivity contribution is 7.89. The molecular weight excluding hydrogens is 468 g/mol. The number of ether oxygens (including phenoxy) is 1. The number of carbonyl (C=O) groups is 1. The van der Waals surface area contributed by atoms with Crippen molar-refractivity contribution in [3.8, 4) is 5.82 Å². The van der Waals surface area contributed by atoms with Crippen LogP contribution in [-0.4, -0.2) is 57.1 Å². The Kier molecular flexibility index (Phi) is 6.73. The summed E-state index contributed by atoms with van der Waals surface area (Å²) in [6.07, 6.45) is 3.16. The fourth-order valence-electron chi connectivity index (χ4n) is 3.93. The van der Waals surface area contributed by atoms with E-state index in [9.17, 15) is 13.2 Å². The standard InChI is InChI=1S/C24H28N6O4S/c1-6-29-20-11-10-17(35(32,33)28(4)5)13-19(20)27-22(29)15-34-24(31)18-14-26-30(23(18)16(2)3)21-9-7-8-12-25-21/h7-14,16H,6,15H2,1-5H3. The number of pyridine rings is 1. The fraction of sp³-hybridized carbons (Fsp3) is 0.333. The van der Waals surface area contributed by atoms with E-state index in [0.717, 1.165) is 9.82 Å². The predicted molar refractivity (Wildman–Crippen MR) is 131 cm³/mol. The predicted octanol–water partition coefficient (Wildman–Crippen LogP) is 3.37. The van der Waals surface area contributed by atoms with Crippen molar-refractivity contribution in [2.75, 3.05) is 14.1 Å². The lowest BCUT2D eigenvalue weighted by Crippen LogP contribution is -2.22. The van der Waals surface area contributed by atoms with Gasteiger partial charge in [-0.3, -0.25) is 0 Å². The maximum absolute atomic E-state index is 13.0. The summed E-state index contributed by atoms with van der Waals surface area (Å²) < 4.78 is 35.4. The first kappa shape index (κ1) is 24.6. The highest BCUT2D eigenvalue weighted by Gasteiger charge is 2.24. The third-order valence-electron chi connectivity index (χ3n) is 5.67. The second-order valence-electron chi connectivity index (χ2n) is 8.48. The van der Waals surface area contributed by atoms with Crippen LogP contribution >= 0.6 is 0 Å². The molecule has 0 amide bonds. The maximum Gasteiger partial charge on any atom is 0.342 e. The summed E-state index contributed by atoms with van der Waals surface area (Å²) in [5.74, 6) is 0.630. The van der Waals surface area contributed by atoms with Crippen molar-refractivity contribution >= 4 is 27.0 Å². The molecule has 35 heavy (non-hydrogen) atoms. The van der Waals surface area contributed by atoms with E-state index >= 15 is 0 Å². The van der Waals surface area contributed by atoms with Crippen LogP contribution in [-0.2, 0) is 27.9 Å². The van der Waals surface area contributed by atoms with Crippen molar-refractivity contribution < 1.29 is 17.9 Å². The minimum absolute atomic E-state index is 0.000612. The maximum atomic E-state index is 13.0. The Morgan fingerprint density at radius 2 is 1.94 bits per heavy atom. The van der Waals surface area contributed by atoms with Gasteiger partial charge in [0.2, 0.25) is 10.0 Å². The zero-order valence-electron chi connectivity index (χ0n) is 20.3. The molecule has 0 aliphatic heterocycles. The topological polar surface area (TPSA) is 112 Å². The second kappa shape index (κ2) is 9.59. The molecule has 0 fully saturated rings. The van der Waals surface area contributed by atoms with Crippen molar-refractivity contribution in [3.63, 3.8) is 0 Å². The number of hydrogen-bond acceptors (Lipinski definition) is 7. The van der Waals surface area contributed by atoms with Crippen molar-refractivity contribution in [1.82, 2.24) is 28.6 Å². The van der Waals surface area contributed by atoms with Crippen LogP contribution in [0, 0.1) is 0 Å². The molecule has 184 valence electrons. The van der Waals surface area contributed by atoms with Gasteiger partial charge in [-0.15, -0.1) is 0 Å². The van der Waals surface area contributed by atoms with Gasteiger partial charge in [-0.1, -0.05) is 19.9 Å². The second-order valence-corrected chi connectivity index (χ2v) is 10.6. The molecule has 0 aliphatic carbocycles. The number of rotatable bonds is 8. The highest BCUT2D eigenvalue weighted by Crippen LogP contribution is 2.25. The molecule has 0 radical (unpaired) electrons. The Morgan fingerprint density at radius 1 is 1.17 bits per heavy atom. The van der Waals surface area contributed by atoms with Gasteiger partial charge >= 0.3 is 5.97 Å². The summed E-state index contributed by atoms with van der Waals surface area (Å²) in [4.78, 5) is 22.1. The van der Waals surface area contributed by atoms with Crippen LogP contribution in [0.5, 0.6) is 0 Å². The Bertz CT molecular complexity index is 1470. The number of benzene rings is 1. The van der Waals surface area contributed by atoms with E-state index in [2.05, 4.69) is 15.1 Å². The van der Waals surface area contributed by atoms with Crippen molar-refractivity contribution in [3.05, 3.63) is 65.9 Å². The molecule has 0 spiro atoms. The van der Waals surface area contributed by atoms with Crippen LogP contribution < -0.4 is 0 Å². The van der Waals surface area contributed by atoms with Crippen LogP contribution in [0.1, 0.15) is 48.6 Å². The van der Waals surface area contributed by atoms with Crippen LogP contribution in [0.3, 0.4) is 0 Å². The Hall–Kier alpha value is -3.57. The SMILES string of the molecule is CCn1c(COC(=O)c2cnn(-c3ccccn3)c2C(C)C)nc2cc(S(=O)(=O)N(C)C)ccc21. The average molecular weight is 497 g/mol. The van der Waals surface area contributed by atoms with E-state index in [1.165, 1.54) is 26.4 Å². The molecule has 0 unspecified atom stereocenters. The summed E-state index contributed by atoms with van der Waals surface area (Å²) in [5.41, 5.74) is 2.36. The van der Waals surface area contributed by atoms with E-state index in [1.807, 2.05) is 43.5 Å². The van der Waals surface area contributed by atoms with E-state index in [0.29, 0.717) is 35.0 Å². The minimum Gasteiger partial charge on any atom is -0.454 e. The molecule has 0 N–H and O–H groups in total. The molecule has 4 rings (SSSR count). The normalized spacial score (nSPS) is 12.1. The summed E-state index contributed by atoms with van der Waals surface area (Å²) in [7, 11) is -0.624. The molecule has 3 aromatic heterocycles. The molecule has 1 aromatic carbocycles. The Morgan fingerprint density at radius 3 is 2.57 bits per heavy atom. The quantitative estimate of drug-likeness (QED) is 0.344. The molecule has 0 atom stereocenters.